The fraction of sp³-hybridized carbons (Fsp3) is 0.391. The number of aromatic nitrogens is 5. The standard InChI is InChI=1S/C23H23F3N8O4/c24-23(25,26)38-18-2-1-7-34(21(18)36)16-5-6-19(27-9-16)29-13-3-4-14(8-13)31-22-28-10-17(32-33-22)20(35)30-15-11-37-12-15/h1-2,5-7,9-10,13-15H,3-4,8,11-12H2,(H,27,29)(H,30,35)(H,28,31,33)/t13-,14-/m0/s1. The van der Waals surface area contributed by atoms with Gasteiger partial charge in [-0.2, -0.15) is 0 Å². The molecule has 4 heterocycles. The summed E-state index contributed by atoms with van der Waals surface area (Å²) in [4.78, 5) is 32.9. The number of hydrogen-bond acceptors (Lipinski definition) is 10. The number of carbonyl (C=O) groups is 1. The van der Waals surface area contributed by atoms with Crippen LogP contribution < -0.4 is 26.2 Å². The number of rotatable bonds is 8. The Labute approximate surface area is 213 Å². The van der Waals surface area contributed by atoms with E-state index in [2.05, 4.69) is 40.9 Å². The highest BCUT2D eigenvalue weighted by Gasteiger charge is 2.32. The third-order valence-electron chi connectivity index (χ3n) is 6.05. The third-order valence-corrected chi connectivity index (χ3v) is 6.05. The number of nitrogens with one attached hydrogen (secondary N) is 3. The predicted molar refractivity (Wildman–Crippen MR) is 127 cm³/mol. The average Bonchev–Trinajstić information content (AvgIpc) is 3.29. The van der Waals surface area contributed by atoms with Crippen molar-refractivity contribution in [2.75, 3.05) is 23.8 Å². The SMILES string of the molecule is O=C(NC1COC1)c1cnc(N[C@H]2CC[C@H](Nc3ccc(-n4cccc(OC(F)(F)F)c4=O)cn3)C2)nn1. The summed E-state index contributed by atoms with van der Waals surface area (Å²) >= 11 is 0. The first-order valence-corrected chi connectivity index (χ1v) is 11.8. The first kappa shape index (κ1) is 25.4. The predicted octanol–water partition coefficient (Wildman–Crippen LogP) is 1.89. The number of carbonyl (C=O) groups excluding carboxylic acids is 1. The van der Waals surface area contributed by atoms with E-state index in [9.17, 15) is 22.8 Å². The number of halogens is 3. The number of anilines is 2. The van der Waals surface area contributed by atoms with Crippen molar-refractivity contribution in [2.24, 2.45) is 0 Å². The first-order valence-electron chi connectivity index (χ1n) is 11.8. The minimum Gasteiger partial charge on any atom is -0.400 e. The number of amides is 1. The molecular weight excluding hydrogens is 509 g/mol. The minimum absolute atomic E-state index is 0.0114. The zero-order chi connectivity index (χ0) is 26.7. The summed E-state index contributed by atoms with van der Waals surface area (Å²) < 4.78 is 47.4. The van der Waals surface area contributed by atoms with Crippen LogP contribution in [0.25, 0.3) is 5.69 Å². The van der Waals surface area contributed by atoms with E-state index in [-0.39, 0.29) is 29.7 Å². The summed E-state index contributed by atoms with van der Waals surface area (Å²) in [6.07, 6.45) is 1.55. The summed E-state index contributed by atoms with van der Waals surface area (Å²) in [6.45, 7) is 0.967. The van der Waals surface area contributed by atoms with Crippen LogP contribution in [0.3, 0.4) is 0 Å². The van der Waals surface area contributed by atoms with Crippen molar-refractivity contribution in [3.05, 3.63) is 58.9 Å². The van der Waals surface area contributed by atoms with Crippen molar-refractivity contribution in [2.45, 2.75) is 43.8 Å². The Balaban J connectivity index is 1.14. The van der Waals surface area contributed by atoms with Crippen molar-refractivity contribution in [1.29, 1.82) is 0 Å². The molecule has 1 saturated carbocycles. The molecule has 2 aliphatic rings. The number of nitrogens with zero attached hydrogens (tertiary/aromatic N) is 5. The van der Waals surface area contributed by atoms with Gasteiger partial charge in [-0.05, 0) is 43.5 Å². The second kappa shape index (κ2) is 10.6. The van der Waals surface area contributed by atoms with Crippen LogP contribution in [0.2, 0.25) is 0 Å². The molecule has 0 bridgehead atoms. The van der Waals surface area contributed by atoms with Crippen LogP contribution in [0.1, 0.15) is 29.8 Å². The molecular formula is C23H23F3N8O4. The molecule has 1 aliphatic heterocycles. The van der Waals surface area contributed by atoms with Crippen LogP contribution >= 0.6 is 0 Å². The van der Waals surface area contributed by atoms with Crippen molar-refractivity contribution in [3.63, 3.8) is 0 Å². The van der Waals surface area contributed by atoms with E-state index in [1.165, 1.54) is 24.7 Å². The highest BCUT2D eigenvalue weighted by molar-refractivity contribution is 5.92. The van der Waals surface area contributed by atoms with E-state index in [1.54, 1.807) is 12.1 Å². The molecule has 0 unspecified atom stereocenters. The maximum Gasteiger partial charge on any atom is 0.573 e. The molecule has 2 fully saturated rings. The molecule has 1 aliphatic carbocycles. The van der Waals surface area contributed by atoms with Gasteiger partial charge >= 0.3 is 6.36 Å². The fourth-order valence-corrected chi connectivity index (χ4v) is 4.15. The van der Waals surface area contributed by atoms with Crippen LogP contribution in [0.15, 0.2) is 47.7 Å². The normalized spacial score (nSPS) is 19.4. The molecule has 0 spiro atoms. The van der Waals surface area contributed by atoms with E-state index in [0.29, 0.717) is 30.7 Å². The lowest BCUT2D eigenvalue weighted by atomic mass is 10.2. The summed E-state index contributed by atoms with van der Waals surface area (Å²) in [7, 11) is 0. The van der Waals surface area contributed by atoms with Gasteiger partial charge < -0.3 is 25.4 Å². The van der Waals surface area contributed by atoms with Crippen molar-refractivity contribution < 1.29 is 27.4 Å². The number of alkyl halides is 3. The van der Waals surface area contributed by atoms with Gasteiger partial charge in [0, 0.05) is 18.3 Å². The zero-order valence-electron chi connectivity index (χ0n) is 19.8. The summed E-state index contributed by atoms with van der Waals surface area (Å²) in [6, 6.07) is 5.63. The van der Waals surface area contributed by atoms with Crippen LogP contribution in [-0.2, 0) is 4.74 Å². The van der Waals surface area contributed by atoms with Gasteiger partial charge in [0.15, 0.2) is 11.4 Å². The molecule has 200 valence electrons. The summed E-state index contributed by atoms with van der Waals surface area (Å²) in [5.41, 5.74) is -0.526. The molecule has 5 rings (SSSR count). The highest BCUT2D eigenvalue weighted by Crippen LogP contribution is 2.25. The smallest absolute Gasteiger partial charge is 0.400 e. The lowest BCUT2D eigenvalue weighted by Crippen LogP contribution is -2.48. The van der Waals surface area contributed by atoms with Gasteiger partial charge in [-0.15, -0.1) is 23.4 Å². The Kier molecular flexibility index (Phi) is 7.09. The molecule has 15 heteroatoms. The lowest BCUT2D eigenvalue weighted by molar-refractivity contribution is -0.275. The van der Waals surface area contributed by atoms with Crippen molar-refractivity contribution in [3.8, 4) is 11.4 Å². The minimum atomic E-state index is -4.97. The van der Waals surface area contributed by atoms with E-state index < -0.39 is 17.7 Å². The molecule has 1 amide bonds. The van der Waals surface area contributed by atoms with E-state index in [4.69, 9.17) is 4.74 Å². The Bertz CT molecular complexity index is 1330. The number of pyridine rings is 2. The van der Waals surface area contributed by atoms with Gasteiger partial charge in [-0.3, -0.25) is 14.2 Å². The molecule has 0 radical (unpaired) electrons. The number of hydrogen-bond donors (Lipinski definition) is 3. The largest absolute Gasteiger partial charge is 0.573 e. The molecule has 0 aromatic carbocycles. The summed E-state index contributed by atoms with van der Waals surface area (Å²) in [5, 5.41) is 17.2. The second-order valence-corrected chi connectivity index (χ2v) is 8.87. The van der Waals surface area contributed by atoms with Crippen LogP contribution in [0, 0.1) is 0 Å². The Morgan fingerprint density at radius 3 is 2.45 bits per heavy atom. The Morgan fingerprint density at radius 2 is 1.82 bits per heavy atom. The van der Waals surface area contributed by atoms with Crippen molar-refractivity contribution in [1.82, 2.24) is 30.0 Å². The topological polar surface area (TPSA) is 145 Å². The van der Waals surface area contributed by atoms with Gasteiger partial charge in [-0.25, -0.2) is 9.97 Å². The van der Waals surface area contributed by atoms with Gasteiger partial charge in [0.2, 0.25) is 5.95 Å². The maximum atomic E-state index is 12.5. The third kappa shape index (κ3) is 6.16. The highest BCUT2D eigenvalue weighted by atomic mass is 19.4. The van der Waals surface area contributed by atoms with E-state index in [0.717, 1.165) is 29.9 Å². The molecule has 38 heavy (non-hydrogen) atoms. The molecule has 12 nitrogen and oxygen atoms in total. The Morgan fingerprint density at radius 1 is 1.03 bits per heavy atom. The second-order valence-electron chi connectivity index (χ2n) is 8.87. The van der Waals surface area contributed by atoms with Gasteiger partial charge in [-0.1, -0.05) is 0 Å². The monoisotopic (exact) mass is 532 g/mol. The van der Waals surface area contributed by atoms with Crippen molar-refractivity contribution >= 4 is 17.7 Å². The fourth-order valence-electron chi connectivity index (χ4n) is 4.15. The molecule has 1 saturated heterocycles. The lowest BCUT2D eigenvalue weighted by Gasteiger charge is -2.26. The molecule has 3 N–H and O–H groups in total. The van der Waals surface area contributed by atoms with Crippen LogP contribution in [-0.4, -0.2) is 68.3 Å². The van der Waals surface area contributed by atoms with E-state index >= 15 is 0 Å². The molecule has 3 aromatic rings. The van der Waals surface area contributed by atoms with Gasteiger partial charge in [0.05, 0.1) is 37.3 Å². The number of ether oxygens (including phenoxy) is 2. The van der Waals surface area contributed by atoms with Crippen LogP contribution in [0.4, 0.5) is 24.9 Å². The zero-order valence-corrected chi connectivity index (χ0v) is 19.8. The Hall–Kier alpha value is -4.27. The summed E-state index contributed by atoms with van der Waals surface area (Å²) in [5.74, 6) is -0.294. The van der Waals surface area contributed by atoms with Gasteiger partial charge in [0.1, 0.15) is 5.82 Å². The van der Waals surface area contributed by atoms with E-state index in [1.807, 2.05) is 0 Å². The molecule has 2 atom stereocenters. The quantitative estimate of drug-likeness (QED) is 0.393. The maximum absolute atomic E-state index is 12.5. The average molecular weight is 532 g/mol. The first-order chi connectivity index (χ1) is 18.2. The van der Waals surface area contributed by atoms with Gasteiger partial charge in [0.25, 0.3) is 11.5 Å². The van der Waals surface area contributed by atoms with Crippen LogP contribution in [0.5, 0.6) is 5.75 Å². The molecule has 3 aromatic heterocycles.